The summed E-state index contributed by atoms with van der Waals surface area (Å²) in [6, 6.07) is 9.74. The van der Waals surface area contributed by atoms with E-state index in [1.807, 2.05) is 30.3 Å². The summed E-state index contributed by atoms with van der Waals surface area (Å²) in [4.78, 5) is 0. The lowest BCUT2D eigenvalue weighted by atomic mass is 10.2. The van der Waals surface area contributed by atoms with Crippen molar-refractivity contribution in [2.24, 2.45) is 0 Å². The highest BCUT2D eigenvalue weighted by Gasteiger charge is 2.18. The standard InChI is InChI=1S/C17H21N3O2/c1-21-16-9-8-13(18-12-14-5-4-10-19-20-14)11-17(16)22-15-6-2-3-7-15/h4-5,8-11,15,18H,2-3,6-7,12H2,1H3. The third-order valence-electron chi connectivity index (χ3n) is 3.86. The van der Waals surface area contributed by atoms with Gasteiger partial charge in [-0.3, -0.25) is 0 Å². The molecule has 0 bridgehead atoms. The highest BCUT2D eigenvalue weighted by atomic mass is 16.5. The molecule has 3 rings (SSSR count). The van der Waals surface area contributed by atoms with E-state index in [2.05, 4.69) is 15.5 Å². The van der Waals surface area contributed by atoms with Crippen LogP contribution in [0.1, 0.15) is 31.4 Å². The third-order valence-corrected chi connectivity index (χ3v) is 3.86. The quantitative estimate of drug-likeness (QED) is 0.885. The minimum Gasteiger partial charge on any atom is -0.493 e. The molecular weight excluding hydrogens is 278 g/mol. The van der Waals surface area contributed by atoms with Crippen molar-refractivity contribution in [3.63, 3.8) is 0 Å². The Labute approximate surface area is 130 Å². The van der Waals surface area contributed by atoms with E-state index in [9.17, 15) is 0 Å². The van der Waals surface area contributed by atoms with Crippen LogP contribution in [0, 0.1) is 0 Å². The monoisotopic (exact) mass is 299 g/mol. The summed E-state index contributed by atoms with van der Waals surface area (Å²) in [7, 11) is 1.67. The van der Waals surface area contributed by atoms with E-state index in [1.54, 1.807) is 13.3 Å². The van der Waals surface area contributed by atoms with Crippen LogP contribution in [0.15, 0.2) is 36.5 Å². The number of ether oxygens (including phenoxy) is 2. The first-order valence-electron chi connectivity index (χ1n) is 7.70. The molecule has 5 heteroatoms. The van der Waals surface area contributed by atoms with Crippen LogP contribution in [0.5, 0.6) is 11.5 Å². The lowest BCUT2D eigenvalue weighted by Crippen LogP contribution is -2.12. The molecular formula is C17H21N3O2. The van der Waals surface area contributed by atoms with Crippen molar-refractivity contribution in [2.75, 3.05) is 12.4 Å². The average molecular weight is 299 g/mol. The predicted octanol–water partition coefficient (Wildman–Crippen LogP) is 3.42. The molecule has 0 aliphatic heterocycles. The first-order valence-corrected chi connectivity index (χ1v) is 7.70. The number of benzene rings is 1. The molecule has 0 radical (unpaired) electrons. The Balaban J connectivity index is 1.69. The second kappa shape index (κ2) is 7.11. The van der Waals surface area contributed by atoms with Crippen LogP contribution in [-0.2, 0) is 6.54 Å². The summed E-state index contributed by atoms with van der Waals surface area (Å²) >= 11 is 0. The highest BCUT2D eigenvalue weighted by molar-refractivity contribution is 5.55. The maximum Gasteiger partial charge on any atom is 0.163 e. The van der Waals surface area contributed by atoms with Crippen LogP contribution in [-0.4, -0.2) is 23.4 Å². The predicted molar refractivity (Wildman–Crippen MR) is 85.2 cm³/mol. The minimum atomic E-state index is 0.309. The van der Waals surface area contributed by atoms with Crippen LogP contribution in [0.25, 0.3) is 0 Å². The summed E-state index contributed by atoms with van der Waals surface area (Å²) < 4.78 is 11.5. The highest BCUT2D eigenvalue weighted by Crippen LogP contribution is 2.33. The number of nitrogens with one attached hydrogen (secondary N) is 1. The maximum absolute atomic E-state index is 6.10. The normalized spacial score (nSPS) is 14.8. The van der Waals surface area contributed by atoms with E-state index in [1.165, 1.54) is 12.8 Å². The van der Waals surface area contributed by atoms with Gasteiger partial charge in [0.15, 0.2) is 11.5 Å². The van der Waals surface area contributed by atoms with Crippen LogP contribution in [0.4, 0.5) is 5.69 Å². The molecule has 1 saturated carbocycles. The summed E-state index contributed by atoms with van der Waals surface area (Å²) in [6.45, 7) is 0.628. The van der Waals surface area contributed by atoms with Crippen molar-refractivity contribution in [1.82, 2.24) is 10.2 Å². The molecule has 1 aromatic heterocycles. The first kappa shape index (κ1) is 14.6. The van der Waals surface area contributed by atoms with Crippen molar-refractivity contribution in [3.8, 4) is 11.5 Å². The molecule has 1 fully saturated rings. The molecule has 0 spiro atoms. The Morgan fingerprint density at radius 2 is 2.05 bits per heavy atom. The zero-order valence-corrected chi connectivity index (χ0v) is 12.8. The summed E-state index contributed by atoms with van der Waals surface area (Å²) in [5, 5.41) is 11.3. The summed E-state index contributed by atoms with van der Waals surface area (Å²) in [5.41, 5.74) is 1.89. The van der Waals surface area contributed by atoms with Gasteiger partial charge in [0.1, 0.15) is 0 Å². The molecule has 0 unspecified atom stereocenters. The number of anilines is 1. The SMILES string of the molecule is COc1ccc(NCc2cccnn2)cc1OC1CCCC1. The molecule has 2 aromatic rings. The lowest BCUT2D eigenvalue weighted by molar-refractivity contribution is 0.201. The maximum atomic E-state index is 6.10. The number of rotatable bonds is 6. The lowest BCUT2D eigenvalue weighted by Gasteiger charge is -2.17. The van der Waals surface area contributed by atoms with E-state index in [-0.39, 0.29) is 0 Å². The number of hydrogen-bond acceptors (Lipinski definition) is 5. The fourth-order valence-electron chi connectivity index (χ4n) is 2.68. The Morgan fingerprint density at radius 3 is 2.77 bits per heavy atom. The van der Waals surface area contributed by atoms with Crippen LogP contribution in [0.2, 0.25) is 0 Å². The fourth-order valence-corrected chi connectivity index (χ4v) is 2.68. The molecule has 116 valence electrons. The van der Waals surface area contributed by atoms with Crippen molar-refractivity contribution in [2.45, 2.75) is 38.3 Å². The smallest absolute Gasteiger partial charge is 0.163 e. The van der Waals surface area contributed by atoms with Gasteiger partial charge in [-0.15, -0.1) is 0 Å². The van der Waals surface area contributed by atoms with Crippen molar-refractivity contribution in [1.29, 1.82) is 0 Å². The van der Waals surface area contributed by atoms with Gasteiger partial charge in [0.2, 0.25) is 0 Å². The Kier molecular flexibility index (Phi) is 4.73. The molecule has 0 atom stereocenters. The number of hydrogen-bond donors (Lipinski definition) is 1. The van der Waals surface area contributed by atoms with Crippen molar-refractivity contribution >= 4 is 5.69 Å². The van der Waals surface area contributed by atoms with Gasteiger partial charge in [0.05, 0.1) is 25.5 Å². The molecule has 1 aliphatic carbocycles. The Morgan fingerprint density at radius 1 is 1.18 bits per heavy atom. The fraction of sp³-hybridized carbons (Fsp3) is 0.412. The van der Waals surface area contributed by atoms with Crippen molar-refractivity contribution in [3.05, 3.63) is 42.2 Å². The Hall–Kier alpha value is -2.30. The topological polar surface area (TPSA) is 56.3 Å². The Bertz CT molecular complexity index is 598. The van der Waals surface area contributed by atoms with Gasteiger partial charge < -0.3 is 14.8 Å². The number of methoxy groups -OCH3 is 1. The van der Waals surface area contributed by atoms with E-state index in [4.69, 9.17) is 9.47 Å². The first-order chi connectivity index (χ1) is 10.8. The third kappa shape index (κ3) is 3.67. The molecule has 1 aromatic carbocycles. The second-order valence-electron chi connectivity index (χ2n) is 5.46. The molecule has 1 aliphatic rings. The number of aromatic nitrogens is 2. The minimum absolute atomic E-state index is 0.309. The molecule has 0 saturated heterocycles. The largest absolute Gasteiger partial charge is 0.493 e. The van der Waals surface area contributed by atoms with Gasteiger partial charge in [0.25, 0.3) is 0 Å². The van der Waals surface area contributed by atoms with Crippen LogP contribution in [0.3, 0.4) is 0 Å². The summed E-state index contributed by atoms with van der Waals surface area (Å²) in [5.74, 6) is 1.58. The van der Waals surface area contributed by atoms with Gasteiger partial charge in [-0.25, -0.2) is 0 Å². The molecule has 0 amide bonds. The van der Waals surface area contributed by atoms with Crippen LogP contribution < -0.4 is 14.8 Å². The molecule has 1 N–H and O–H groups in total. The second-order valence-corrected chi connectivity index (χ2v) is 5.46. The van der Waals surface area contributed by atoms with Crippen LogP contribution >= 0.6 is 0 Å². The van der Waals surface area contributed by atoms with E-state index >= 15 is 0 Å². The average Bonchev–Trinajstić information content (AvgIpc) is 3.07. The zero-order chi connectivity index (χ0) is 15.2. The van der Waals surface area contributed by atoms with E-state index < -0.39 is 0 Å². The molecule has 5 nitrogen and oxygen atoms in total. The number of nitrogens with zero attached hydrogens (tertiary/aromatic N) is 2. The molecule has 22 heavy (non-hydrogen) atoms. The van der Waals surface area contributed by atoms with Gasteiger partial charge in [0, 0.05) is 18.0 Å². The summed E-state index contributed by atoms with van der Waals surface area (Å²) in [6.07, 6.45) is 6.73. The van der Waals surface area contributed by atoms with Gasteiger partial charge >= 0.3 is 0 Å². The van der Waals surface area contributed by atoms with Gasteiger partial charge in [-0.05, 0) is 49.9 Å². The van der Waals surface area contributed by atoms with Gasteiger partial charge in [-0.2, -0.15) is 10.2 Å². The van der Waals surface area contributed by atoms with Crippen molar-refractivity contribution < 1.29 is 9.47 Å². The zero-order valence-electron chi connectivity index (χ0n) is 12.8. The van der Waals surface area contributed by atoms with E-state index in [0.29, 0.717) is 12.6 Å². The van der Waals surface area contributed by atoms with E-state index in [0.717, 1.165) is 35.7 Å². The van der Waals surface area contributed by atoms with Gasteiger partial charge in [-0.1, -0.05) is 0 Å². The molecule has 1 heterocycles.